The van der Waals surface area contributed by atoms with Gasteiger partial charge in [0.05, 0.1) is 67.7 Å². The van der Waals surface area contributed by atoms with Crippen molar-refractivity contribution < 1.29 is 24.1 Å². The van der Waals surface area contributed by atoms with Crippen molar-refractivity contribution in [1.29, 1.82) is 0 Å². The van der Waals surface area contributed by atoms with Crippen molar-refractivity contribution in [2.45, 2.75) is 19.9 Å². The average molecular weight is 579 g/mol. The maximum Gasteiger partial charge on any atom is 0.338 e. The van der Waals surface area contributed by atoms with E-state index in [9.17, 15) is 19.7 Å². The van der Waals surface area contributed by atoms with Gasteiger partial charge in [0.2, 0.25) is 0 Å². The van der Waals surface area contributed by atoms with Crippen LogP contribution in [0.3, 0.4) is 0 Å². The fourth-order valence-electron chi connectivity index (χ4n) is 5.31. The molecule has 3 aromatic rings. The number of nitro groups is 1. The van der Waals surface area contributed by atoms with Crippen molar-refractivity contribution in [2.24, 2.45) is 4.99 Å². The number of quaternary nitrogens is 1. The number of nitrogens with zero attached hydrogens (tertiary/aromatic N) is 4. The number of aromatic nitrogens is 1. The average Bonchev–Trinajstić information content (AvgIpc) is 3.26. The molecule has 2 aliphatic heterocycles. The highest BCUT2D eigenvalue weighted by atomic mass is 32.1. The summed E-state index contributed by atoms with van der Waals surface area (Å²) in [6.45, 7) is 7.07. The molecule has 0 radical (unpaired) electrons. The molecule has 11 nitrogen and oxygen atoms in total. The first-order chi connectivity index (χ1) is 19.7. The van der Waals surface area contributed by atoms with Crippen molar-refractivity contribution in [3.63, 3.8) is 0 Å². The van der Waals surface area contributed by atoms with Crippen LogP contribution in [0.2, 0.25) is 0 Å². The number of fused-ring (bicyclic) bond motifs is 1. The van der Waals surface area contributed by atoms with Gasteiger partial charge in [-0.15, -0.1) is 0 Å². The summed E-state index contributed by atoms with van der Waals surface area (Å²) in [6, 6.07) is 11.1. The topological polar surface area (TPSA) is 121 Å². The summed E-state index contributed by atoms with van der Waals surface area (Å²) in [4.78, 5) is 47.1. The Labute approximate surface area is 240 Å². The molecular formula is C29H32N5O6S+. The van der Waals surface area contributed by atoms with Gasteiger partial charge in [0, 0.05) is 28.9 Å². The Hall–Kier alpha value is -4.29. The van der Waals surface area contributed by atoms with Crippen LogP contribution in [-0.2, 0) is 9.53 Å². The van der Waals surface area contributed by atoms with Crippen LogP contribution in [0.4, 0.5) is 11.4 Å². The number of rotatable bonds is 7. The number of benzene rings is 2. The minimum atomic E-state index is -0.825. The molecule has 0 spiro atoms. The Bertz CT molecular complexity index is 1720. The van der Waals surface area contributed by atoms with E-state index in [-0.39, 0.29) is 23.4 Å². The number of thiazole rings is 1. The molecule has 3 heterocycles. The van der Waals surface area contributed by atoms with Gasteiger partial charge in [-0.3, -0.25) is 19.5 Å². The number of methoxy groups -OCH3 is 1. The third kappa shape index (κ3) is 5.40. The van der Waals surface area contributed by atoms with E-state index in [1.165, 1.54) is 40.0 Å². The Balaban J connectivity index is 1.72. The quantitative estimate of drug-likeness (QED) is 0.253. The summed E-state index contributed by atoms with van der Waals surface area (Å²) in [5.74, 6) is -0.0427. The van der Waals surface area contributed by atoms with E-state index < -0.39 is 16.9 Å². The zero-order valence-corrected chi connectivity index (χ0v) is 24.2. The number of allylic oxidation sites excluding steroid dienone is 1. The number of likely N-dealkylation sites (N-methyl/N-ethyl adjacent to an activating group) is 1. The third-order valence-corrected chi connectivity index (χ3v) is 8.40. The van der Waals surface area contributed by atoms with Gasteiger partial charge in [-0.1, -0.05) is 29.5 Å². The van der Waals surface area contributed by atoms with Gasteiger partial charge < -0.3 is 19.3 Å². The number of nitro benzene ring substituents is 1. The molecule has 0 aliphatic carbocycles. The van der Waals surface area contributed by atoms with Gasteiger partial charge in [-0.25, -0.2) is 9.79 Å². The minimum absolute atomic E-state index is 0.0557. The van der Waals surface area contributed by atoms with Crippen LogP contribution < -0.4 is 29.4 Å². The van der Waals surface area contributed by atoms with Crippen LogP contribution in [0, 0.1) is 10.1 Å². The molecule has 1 aromatic heterocycles. The van der Waals surface area contributed by atoms with Gasteiger partial charge in [-0.05, 0) is 32.1 Å². The van der Waals surface area contributed by atoms with E-state index in [2.05, 4.69) is 16.9 Å². The Morgan fingerprint density at radius 2 is 1.98 bits per heavy atom. The van der Waals surface area contributed by atoms with Gasteiger partial charge in [0.15, 0.2) is 4.80 Å². The fourth-order valence-corrected chi connectivity index (χ4v) is 6.35. The molecule has 0 amide bonds. The number of piperazine rings is 1. The van der Waals surface area contributed by atoms with Crippen molar-refractivity contribution in [3.8, 4) is 5.75 Å². The lowest BCUT2D eigenvalue weighted by atomic mass is 9.95. The molecule has 2 aliphatic rings. The minimum Gasteiger partial charge on any atom is -0.496 e. The molecule has 1 fully saturated rings. The zero-order chi connectivity index (χ0) is 29.3. The van der Waals surface area contributed by atoms with Gasteiger partial charge >= 0.3 is 5.97 Å². The number of para-hydroxylation sites is 1. The Morgan fingerprint density at radius 3 is 2.66 bits per heavy atom. The Kier molecular flexibility index (Phi) is 8.04. The normalized spacial score (nSPS) is 17.7. The number of esters is 1. The molecule has 214 valence electrons. The maximum atomic E-state index is 14.1. The number of carbonyl (C=O) groups excluding carboxylic acids is 1. The van der Waals surface area contributed by atoms with E-state index in [4.69, 9.17) is 9.47 Å². The number of carbonyl (C=O) groups is 1. The first-order valence-electron chi connectivity index (χ1n) is 13.4. The number of anilines is 1. The largest absolute Gasteiger partial charge is 0.496 e. The van der Waals surface area contributed by atoms with Gasteiger partial charge in [0.1, 0.15) is 11.8 Å². The summed E-state index contributed by atoms with van der Waals surface area (Å²) >= 11 is 1.18. The summed E-state index contributed by atoms with van der Waals surface area (Å²) in [5, 5.41) is 11.6. The summed E-state index contributed by atoms with van der Waals surface area (Å²) < 4.78 is 12.8. The van der Waals surface area contributed by atoms with Crippen molar-refractivity contribution in [3.05, 3.63) is 94.7 Å². The molecule has 1 N–H and O–H groups in total. The third-order valence-electron chi connectivity index (χ3n) is 7.42. The van der Waals surface area contributed by atoms with Crippen LogP contribution in [0.1, 0.15) is 31.0 Å². The van der Waals surface area contributed by atoms with Gasteiger partial charge in [0.25, 0.3) is 11.2 Å². The van der Waals surface area contributed by atoms with Crippen LogP contribution in [0.25, 0.3) is 6.08 Å². The highest BCUT2D eigenvalue weighted by Crippen LogP contribution is 2.35. The summed E-state index contributed by atoms with van der Waals surface area (Å²) in [5.41, 5.74) is 2.32. The van der Waals surface area contributed by atoms with E-state index in [1.807, 2.05) is 18.2 Å². The molecule has 41 heavy (non-hydrogen) atoms. The molecule has 1 saturated heterocycles. The van der Waals surface area contributed by atoms with Crippen molar-refractivity contribution in [1.82, 2.24) is 4.57 Å². The monoisotopic (exact) mass is 578 g/mol. The van der Waals surface area contributed by atoms with Crippen LogP contribution in [0.15, 0.2) is 63.5 Å². The number of hydrogen-bond donors (Lipinski definition) is 1. The Morgan fingerprint density at radius 1 is 1.24 bits per heavy atom. The standard InChI is InChI=1S/C29H31N5O6S/c1-5-40-28(36)25-18(2)30-29-33(26(25)21-8-6-7-9-23(21)39-4)27(35)24(41-29)17-19-16-20(34(37)38)10-11-22(19)32-14-12-31(3)13-15-32/h6-11,16-17,26H,5,12-15H2,1-4H3/p+1/b24-17+/t26-/m1/s1. The van der Waals surface area contributed by atoms with Gasteiger partial charge in [-0.2, -0.15) is 0 Å². The second-order valence-electron chi connectivity index (χ2n) is 9.99. The molecule has 5 rings (SSSR count). The fraction of sp³-hybridized carbons (Fsp3) is 0.345. The molecule has 1 atom stereocenters. The van der Waals surface area contributed by atoms with E-state index >= 15 is 0 Å². The summed E-state index contributed by atoms with van der Waals surface area (Å²) in [7, 11) is 3.67. The van der Waals surface area contributed by atoms with E-state index in [0.717, 1.165) is 31.9 Å². The number of ether oxygens (including phenoxy) is 2. The highest BCUT2D eigenvalue weighted by molar-refractivity contribution is 7.07. The molecule has 0 unspecified atom stereocenters. The van der Waals surface area contributed by atoms with Crippen LogP contribution in [0.5, 0.6) is 5.75 Å². The lowest BCUT2D eigenvalue weighted by Crippen LogP contribution is -3.12. The second-order valence-corrected chi connectivity index (χ2v) is 11.0. The lowest BCUT2D eigenvalue weighted by molar-refractivity contribution is -0.880. The molecule has 0 saturated carbocycles. The number of nitrogens with one attached hydrogen (secondary N) is 1. The first-order valence-corrected chi connectivity index (χ1v) is 14.2. The van der Waals surface area contributed by atoms with Crippen LogP contribution >= 0.6 is 11.3 Å². The smallest absolute Gasteiger partial charge is 0.338 e. The molecule has 2 aromatic carbocycles. The van der Waals surface area contributed by atoms with Crippen LogP contribution in [-0.4, -0.2) is 62.4 Å². The highest BCUT2D eigenvalue weighted by Gasteiger charge is 2.35. The predicted octanol–water partition coefficient (Wildman–Crippen LogP) is 1.05. The van der Waals surface area contributed by atoms with E-state index in [0.29, 0.717) is 31.9 Å². The molecule has 12 heteroatoms. The zero-order valence-electron chi connectivity index (χ0n) is 23.4. The van der Waals surface area contributed by atoms with E-state index in [1.54, 1.807) is 32.1 Å². The SMILES string of the molecule is CCOC(=O)C1=C(C)N=c2s/c(=C/c3cc([N+](=O)[O-])ccc3N3CC[NH+](C)CC3)c(=O)n2[C@@H]1c1ccccc1OC. The van der Waals surface area contributed by atoms with Crippen molar-refractivity contribution >= 4 is 34.8 Å². The number of non-ortho nitro benzene ring substituents is 1. The lowest BCUT2D eigenvalue weighted by Gasteiger charge is -2.32. The second kappa shape index (κ2) is 11.7. The molecular weight excluding hydrogens is 546 g/mol. The number of hydrogen-bond acceptors (Lipinski definition) is 9. The first kappa shape index (κ1) is 28.2. The predicted molar refractivity (Wildman–Crippen MR) is 155 cm³/mol. The van der Waals surface area contributed by atoms with Crippen molar-refractivity contribution in [2.75, 3.05) is 51.8 Å². The maximum absolute atomic E-state index is 14.1. The summed E-state index contributed by atoms with van der Waals surface area (Å²) in [6.07, 6.45) is 1.69. The molecule has 0 bridgehead atoms.